The van der Waals surface area contributed by atoms with E-state index in [1.165, 1.54) is 73.8 Å². The minimum Gasteiger partial charge on any atom is -0.317 e. The molecule has 108 valence electrons. The zero-order chi connectivity index (χ0) is 13.6. The van der Waals surface area contributed by atoms with E-state index in [2.05, 4.69) is 39.6 Å². The molecule has 0 spiro atoms. The molecule has 0 aliphatic heterocycles. The van der Waals surface area contributed by atoms with Crippen LogP contribution < -0.4 is 5.32 Å². The first kappa shape index (κ1) is 15.5. The fourth-order valence-corrected chi connectivity index (χ4v) is 4.84. The lowest BCUT2D eigenvalue weighted by Gasteiger charge is -2.29. The maximum atomic E-state index is 3.66. The van der Waals surface area contributed by atoms with Gasteiger partial charge in [0.25, 0.3) is 0 Å². The van der Waals surface area contributed by atoms with Crippen LogP contribution in [-0.2, 0) is 6.42 Å². The van der Waals surface area contributed by atoms with Crippen molar-refractivity contribution in [2.75, 3.05) is 13.1 Å². The molecule has 0 bridgehead atoms. The first-order valence-electron chi connectivity index (χ1n) is 7.68. The number of rotatable bonds is 8. The average molecular weight is 344 g/mol. The molecule has 0 atom stereocenters. The van der Waals surface area contributed by atoms with Crippen LogP contribution in [0.3, 0.4) is 0 Å². The third-order valence-corrected chi connectivity index (χ3v) is 6.48. The molecule has 1 saturated carbocycles. The molecular weight excluding hydrogens is 318 g/mol. The predicted molar refractivity (Wildman–Crippen MR) is 89.0 cm³/mol. The van der Waals surface area contributed by atoms with Gasteiger partial charge in [-0.2, -0.15) is 0 Å². The van der Waals surface area contributed by atoms with E-state index in [0.717, 1.165) is 0 Å². The van der Waals surface area contributed by atoms with Crippen molar-refractivity contribution in [1.29, 1.82) is 0 Å². The molecule has 2 rings (SSSR count). The number of halogens is 1. The van der Waals surface area contributed by atoms with Crippen LogP contribution in [0, 0.1) is 5.41 Å². The largest absolute Gasteiger partial charge is 0.317 e. The second kappa shape index (κ2) is 7.80. The minimum absolute atomic E-state index is 0.629. The van der Waals surface area contributed by atoms with Gasteiger partial charge in [0, 0.05) is 9.35 Å². The van der Waals surface area contributed by atoms with Crippen molar-refractivity contribution in [3.05, 3.63) is 20.8 Å². The van der Waals surface area contributed by atoms with Crippen molar-refractivity contribution in [3.63, 3.8) is 0 Å². The zero-order valence-electron chi connectivity index (χ0n) is 12.0. The summed E-state index contributed by atoms with van der Waals surface area (Å²) in [5.74, 6) is 0. The monoisotopic (exact) mass is 343 g/mol. The smallest absolute Gasteiger partial charge is 0.0314 e. The van der Waals surface area contributed by atoms with Crippen LogP contribution in [0.4, 0.5) is 0 Å². The van der Waals surface area contributed by atoms with Gasteiger partial charge in [-0.3, -0.25) is 0 Å². The fraction of sp³-hybridized carbons (Fsp3) is 0.750. The first-order valence-corrected chi connectivity index (χ1v) is 9.36. The number of hydrogen-bond donors (Lipinski definition) is 1. The second-order valence-electron chi connectivity index (χ2n) is 5.90. The molecule has 1 fully saturated rings. The highest BCUT2D eigenvalue weighted by molar-refractivity contribution is 9.10. The number of nitrogens with one attached hydrogen (secondary N) is 1. The number of thiophene rings is 1. The van der Waals surface area contributed by atoms with Gasteiger partial charge in [-0.05, 0) is 84.4 Å². The fourth-order valence-electron chi connectivity index (χ4n) is 3.29. The molecule has 1 aliphatic carbocycles. The molecule has 0 unspecified atom stereocenters. The van der Waals surface area contributed by atoms with Crippen molar-refractivity contribution in [2.45, 2.75) is 58.3 Å². The van der Waals surface area contributed by atoms with Gasteiger partial charge < -0.3 is 5.32 Å². The maximum absolute atomic E-state index is 3.66. The Balaban J connectivity index is 1.83. The molecule has 1 aromatic rings. The Labute approximate surface area is 130 Å². The van der Waals surface area contributed by atoms with Crippen molar-refractivity contribution in [2.24, 2.45) is 5.41 Å². The van der Waals surface area contributed by atoms with Gasteiger partial charge in [-0.1, -0.05) is 19.8 Å². The summed E-state index contributed by atoms with van der Waals surface area (Å²) in [6.07, 6.45) is 11.0. The summed E-state index contributed by atoms with van der Waals surface area (Å²) in [7, 11) is 0. The third kappa shape index (κ3) is 4.57. The van der Waals surface area contributed by atoms with E-state index in [9.17, 15) is 0 Å². The summed E-state index contributed by atoms with van der Waals surface area (Å²) in [5.41, 5.74) is 0.629. The van der Waals surface area contributed by atoms with Crippen LogP contribution in [0.25, 0.3) is 0 Å². The van der Waals surface area contributed by atoms with E-state index in [1.807, 2.05) is 11.3 Å². The normalized spacial score (nSPS) is 18.0. The number of aryl methyl sites for hydroxylation is 1. The Hall–Kier alpha value is 0.140. The van der Waals surface area contributed by atoms with Gasteiger partial charge in [-0.25, -0.2) is 0 Å². The Bertz CT molecular complexity index is 369. The van der Waals surface area contributed by atoms with Crippen molar-refractivity contribution < 1.29 is 0 Å². The molecule has 1 aliphatic rings. The van der Waals surface area contributed by atoms with E-state index >= 15 is 0 Å². The number of hydrogen-bond acceptors (Lipinski definition) is 2. The lowest BCUT2D eigenvalue weighted by Crippen LogP contribution is -2.25. The molecule has 1 aromatic heterocycles. The molecule has 1 N–H and O–H groups in total. The maximum Gasteiger partial charge on any atom is 0.0314 e. The lowest BCUT2D eigenvalue weighted by molar-refractivity contribution is 0.246. The van der Waals surface area contributed by atoms with Crippen molar-refractivity contribution in [3.8, 4) is 0 Å². The van der Waals surface area contributed by atoms with Crippen LogP contribution >= 0.6 is 27.3 Å². The van der Waals surface area contributed by atoms with E-state index in [1.54, 1.807) is 0 Å². The molecule has 0 amide bonds. The summed E-state index contributed by atoms with van der Waals surface area (Å²) in [4.78, 5) is 1.53. The predicted octanol–water partition coefficient (Wildman–Crippen LogP) is 5.39. The van der Waals surface area contributed by atoms with Crippen LogP contribution in [0.2, 0.25) is 0 Å². The highest BCUT2D eigenvalue weighted by atomic mass is 79.9. The van der Waals surface area contributed by atoms with Crippen molar-refractivity contribution in [1.82, 2.24) is 5.32 Å². The van der Waals surface area contributed by atoms with Gasteiger partial charge in [0.1, 0.15) is 0 Å². The SMILES string of the molecule is CCCNCCC1(CCc2sccc2Br)CCCC1. The molecule has 0 aromatic carbocycles. The van der Waals surface area contributed by atoms with Crippen LogP contribution in [-0.4, -0.2) is 13.1 Å². The first-order chi connectivity index (χ1) is 9.26. The summed E-state index contributed by atoms with van der Waals surface area (Å²) < 4.78 is 1.31. The Morgan fingerprint density at radius 1 is 1.26 bits per heavy atom. The van der Waals surface area contributed by atoms with Crippen LogP contribution in [0.15, 0.2) is 15.9 Å². The highest BCUT2D eigenvalue weighted by Gasteiger charge is 2.32. The molecule has 19 heavy (non-hydrogen) atoms. The van der Waals surface area contributed by atoms with Crippen molar-refractivity contribution >= 4 is 27.3 Å². The molecule has 0 saturated heterocycles. The average Bonchev–Trinajstić information content (AvgIpc) is 3.03. The standard InChI is InChI=1S/C16H26BrNS/c1-2-11-18-12-10-16(7-3-4-8-16)9-5-15-14(17)6-13-19-15/h6,13,18H,2-5,7-12H2,1H3. The second-order valence-corrected chi connectivity index (χ2v) is 7.75. The zero-order valence-corrected chi connectivity index (χ0v) is 14.4. The summed E-state index contributed by atoms with van der Waals surface area (Å²) in [6.45, 7) is 4.62. The van der Waals surface area contributed by atoms with E-state index in [-0.39, 0.29) is 0 Å². The third-order valence-electron chi connectivity index (χ3n) is 4.50. The molecule has 3 heteroatoms. The van der Waals surface area contributed by atoms with E-state index in [4.69, 9.17) is 0 Å². The minimum atomic E-state index is 0.629. The van der Waals surface area contributed by atoms with Gasteiger partial charge in [0.05, 0.1) is 0 Å². The van der Waals surface area contributed by atoms with Crippen LogP contribution in [0.1, 0.15) is 56.7 Å². The molecular formula is C16H26BrNS. The highest BCUT2D eigenvalue weighted by Crippen LogP contribution is 2.45. The summed E-state index contributed by atoms with van der Waals surface area (Å²) >= 11 is 5.57. The topological polar surface area (TPSA) is 12.0 Å². The van der Waals surface area contributed by atoms with Crippen LogP contribution in [0.5, 0.6) is 0 Å². The van der Waals surface area contributed by atoms with Gasteiger partial charge >= 0.3 is 0 Å². The summed E-state index contributed by atoms with van der Waals surface area (Å²) in [5, 5.41) is 5.78. The summed E-state index contributed by atoms with van der Waals surface area (Å²) in [6, 6.07) is 2.18. The molecule has 1 heterocycles. The van der Waals surface area contributed by atoms with E-state index < -0.39 is 0 Å². The Morgan fingerprint density at radius 2 is 2.05 bits per heavy atom. The molecule has 0 radical (unpaired) electrons. The van der Waals surface area contributed by atoms with E-state index in [0.29, 0.717) is 5.41 Å². The lowest BCUT2D eigenvalue weighted by atomic mass is 9.78. The molecule has 1 nitrogen and oxygen atoms in total. The van der Waals surface area contributed by atoms with Gasteiger partial charge in [0.2, 0.25) is 0 Å². The van der Waals surface area contributed by atoms with Gasteiger partial charge in [0.15, 0.2) is 0 Å². The Morgan fingerprint density at radius 3 is 2.68 bits per heavy atom. The van der Waals surface area contributed by atoms with Gasteiger partial charge in [-0.15, -0.1) is 11.3 Å². The Kier molecular flexibility index (Phi) is 6.37. The quantitative estimate of drug-likeness (QED) is 0.623.